The number of aromatic nitrogens is 2. The average molecular weight is 518 g/mol. The lowest BCUT2D eigenvalue weighted by atomic mass is 9.87. The van der Waals surface area contributed by atoms with Gasteiger partial charge in [0.05, 0.1) is 18.0 Å². The van der Waals surface area contributed by atoms with E-state index in [4.69, 9.17) is 0 Å². The van der Waals surface area contributed by atoms with Gasteiger partial charge in [0.25, 0.3) is 0 Å². The minimum atomic E-state index is -0.826. The number of rotatable bonds is 10. The van der Waals surface area contributed by atoms with E-state index in [1.165, 1.54) is 12.4 Å². The number of carbonyl (C=O) groups excluding carboxylic acids is 2. The highest BCUT2D eigenvalue weighted by Gasteiger charge is 2.32. The van der Waals surface area contributed by atoms with Crippen LogP contribution in [0.15, 0.2) is 24.7 Å². The molecule has 202 valence electrons. The summed E-state index contributed by atoms with van der Waals surface area (Å²) in [5, 5.41) is 19.5. The van der Waals surface area contributed by atoms with Gasteiger partial charge in [-0.15, -0.1) is 0 Å². The number of halogens is 2. The number of nitrogens with zero attached hydrogens (tertiary/aromatic N) is 2. The van der Waals surface area contributed by atoms with E-state index < -0.39 is 29.3 Å². The quantitative estimate of drug-likeness (QED) is 0.386. The van der Waals surface area contributed by atoms with Gasteiger partial charge in [0.15, 0.2) is 5.82 Å². The molecule has 0 saturated heterocycles. The summed E-state index contributed by atoms with van der Waals surface area (Å²) < 4.78 is 29.5. The van der Waals surface area contributed by atoms with Crippen molar-refractivity contribution < 1.29 is 23.5 Å². The third-order valence-corrected chi connectivity index (χ3v) is 7.60. The first-order valence-corrected chi connectivity index (χ1v) is 13.2. The standard InChI is InChI=1S/C27H37F2N5O3/c1-3-6-23(32-20-8-7-18-11-19(28)12-22(29)21(18)13-20)26(36)33-24-14-34(16-31-24)17(2)25(35)30-15-27(37)9-4-5-10-27/h11-12,14,16-17,20,23,32,37H,3-10,13,15H2,1-2H3,(H,30,35)(H,33,36)/t17?,20?,23-/m0/s1. The molecule has 3 atom stereocenters. The largest absolute Gasteiger partial charge is 0.388 e. The van der Waals surface area contributed by atoms with Gasteiger partial charge in [0, 0.05) is 24.8 Å². The van der Waals surface area contributed by atoms with Gasteiger partial charge in [0.1, 0.15) is 17.7 Å². The smallest absolute Gasteiger partial charge is 0.242 e. The predicted molar refractivity (Wildman–Crippen MR) is 136 cm³/mol. The fourth-order valence-corrected chi connectivity index (χ4v) is 5.36. The molecule has 2 aliphatic rings. The molecule has 8 nitrogen and oxygen atoms in total. The Bertz CT molecular complexity index is 1120. The van der Waals surface area contributed by atoms with E-state index in [2.05, 4.69) is 20.9 Å². The van der Waals surface area contributed by atoms with Crippen LogP contribution in [-0.4, -0.2) is 50.7 Å². The maximum absolute atomic E-state index is 14.3. The zero-order chi connectivity index (χ0) is 26.6. The fourth-order valence-electron chi connectivity index (χ4n) is 5.36. The first kappa shape index (κ1) is 27.2. The first-order valence-electron chi connectivity index (χ1n) is 13.2. The molecule has 0 bridgehead atoms. The molecule has 1 aromatic heterocycles. The van der Waals surface area contributed by atoms with Crippen molar-refractivity contribution in [3.8, 4) is 0 Å². The second-order valence-corrected chi connectivity index (χ2v) is 10.5. The molecule has 4 rings (SSSR count). The molecule has 2 aliphatic carbocycles. The number of benzene rings is 1. The summed E-state index contributed by atoms with van der Waals surface area (Å²) in [5.74, 6) is -1.26. The van der Waals surface area contributed by atoms with Crippen molar-refractivity contribution in [1.29, 1.82) is 0 Å². The van der Waals surface area contributed by atoms with Gasteiger partial charge in [-0.3, -0.25) is 9.59 Å². The normalized spacial score (nSPS) is 20.2. The zero-order valence-electron chi connectivity index (χ0n) is 21.5. The summed E-state index contributed by atoms with van der Waals surface area (Å²) in [6, 6.07) is 1.13. The molecule has 1 heterocycles. The Morgan fingerprint density at radius 3 is 2.73 bits per heavy atom. The molecule has 1 aromatic carbocycles. The Hall–Kier alpha value is -2.85. The van der Waals surface area contributed by atoms with Crippen LogP contribution in [0.5, 0.6) is 0 Å². The Morgan fingerprint density at radius 1 is 1.24 bits per heavy atom. The Kier molecular flexibility index (Phi) is 8.59. The summed E-state index contributed by atoms with van der Waals surface area (Å²) >= 11 is 0. The van der Waals surface area contributed by atoms with Gasteiger partial charge < -0.3 is 25.6 Å². The van der Waals surface area contributed by atoms with Crippen LogP contribution in [0, 0.1) is 11.6 Å². The summed E-state index contributed by atoms with van der Waals surface area (Å²) in [7, 11) is 0. The van der Waals surface area contributed by atoms with E-state index in [-0.39, 0.29) is 24.4 Å². The number of aliphatic hydroxyl groups is 1. The molecule has 10 heteroatoms. The van der Waals surface area contributed by atoms with Crippen molar-refractivity contribution in [3.63, 3.8) is 0 Å². The minimum absolute atomic E-state index is 0.106. The molecule has 37 heavy (non-hydrogen) atoms. The number of amides is 2. The topological polar surface area (TPSA) is 108 Å². The van der Waals surface area contributed by atoms with Gasteiger partial charge in [-0.1, -0.05) is 26.2 Å². The monoisotopic (exact) mass is 517 g/mol. The highest BCUT2D eigenvalue weighted by atomic mass is 19.1. The maximum atomic E-state index is 14.3. The van der Waals surface area contributed by atoms with Crippen molar-refractivity contribution in [3.05, 3.63) is 47.4 Å². The highest BCUT2D eigenvalue weighted by Crippen LogP contribution is 2.29. The van der Waals surface area contributed by atoms with E-state index in [0.717, 1.165) is 25.3 Å². The second-order valence-electron chi connectivity index (χ2n) is 10.5. The number of nitrogens with one attached hydrogen (secondary N) is 3. The Labute approximate surface area is 216 Å². The summed E-state index contributed by atoms with van der Waals surface area (Å²) in [5.41, 5.74) is 0.368. The predicted octanol–water partition coefficient (Wildman–Crippen LogP) is 3.40. The van der Waals surface area contributed by atoms with Gasteiger partial charge >= 0.3 is 0 Å². The van der Waals surface area contributed by atoms with Crippen LogP contribution in [0.2, 0.25) is 0 Å². The lowest BCUT2D eigenvalue weighted by Gasteiger charge is -2.29. The van der Waals surface area contributed by atoms with Crippen LogP contribution in [0.3, 0.4) is 0 Å². The minimum Gasteiger partial charge on any atom is -0.388 e. The van der Waals surface area contributed by atoms with Crippen molar-refractivity contribution >= 4 is 17.6 Å². The molecule has 2 amide bonds. The molecule has 1 saturated carbocycles. The average Bonchev–Trinajstić information content (AvgIpc) is 3.51. The number of fused-ring (bicyclic) bond motifs is 1. The van der Waals surface area contributed by atoms with Crippen molar-refractivity contribution in [2.75, 3.05) is 11.9 Å². The lowest BCUT2D eigenvalue weighted by molar-refractivity contribution is -0.125. The number of imidazole rings is 1. The Balaban J connectivity index is 1.33. The summed E-state index contributed by atoms with van der Waals surface area (Å²) in [6.07, 6.45) is 9.39. The molecule has 0 aliphatic heterocycles. The van der Waals surface area contributed by atoms with Gasteiger partial charge in [0.2, 0.25) is 11.8 Å². The highest BCUT2D eigenvalue weighted by molar-refractivity contribution is 5.94. The number of aryl methyl sites for hydroxylation is 1. The van der Waals surface area contributed by atoms with Gasteiger partial charge in [-0.25, -0.2) is 13.8 Å². The van der Waals surface area contributed by atoms with E-state index in [0.29, 0.717) is 55.5 Å². The summed E-state index contributed by atoms with van der Waals surface area (Å²) in [4.78, 5) is 29.9. The van der Waals surface area contributed by atoms with Gasteiger partial charge in [-0.2, -0.15) is 0 Å². The van der Waals surface area contributed by atoms with E-state index in [1.54, 1.807) is 17.7 Å². The van der Waals surface area contributed by atoms with Crippen molar-refractivity contribution in [2.45, 2.75) is 95.4 Å². The second kappa shape index (κ2) is 11.7. The number of carbonyl (C=O) groups is 2. The molecule has 4 N–H and O–H groups in total. The molecule has 2 aromatic rings. The zero-order valence-corrected chi connectivity index (χ0v) is 21.5. The third-order valence-electron chi connectivity index (χ3n) is 7.60. The van der Waals surface area contributed by atoms with Gasteiger partial charge in [-0.05, 0) is 62.6 Å². The molecule has 2 unspecified atom stereocenters. The molecular weight excluding hydrogens is 480 g/mol. The van der Waals surface area contributed by atoms with Crippen LogP contribution < -0.4 is 16.0 Å². The first-order chi connectivity index (χ1) is 17.7. The van der Waals surface area contributed by atoms with E-state index >= 15 is 0 Å². The van der Waals surface area contributed by atoms with E-state index in [9.17, 15) is 23.5 Å². The Morgan fingerprint density at radius 2 is 2.00 bits per heavy atom. The maximum Gasteiger partial charge on any atom is 0.242 e. The van der Waals surface area contributed by atoms with Crippen LogP contribution in [0.4, 0.5) is 14.6 Å². The summed E-state index contributed by atoms with van der Waals surface area (Å²) in [6.45, 7) is 3.94. The SMILES string of the molecule is CCC[C@H](NC1CCc2cc(F)cc(F)c2C1)C(=O)Nc1cn(C(C)C(=O)NCC2(O)CCCC2)cn1. The van der Waals surface area contributed by atoms with Crippen LogP contribution >= 0.6 is 0 Å². The fraction of sp³-hybridized carbons (Fsp3) is 0.593. The third kappa shape index (κ3) is 6.73. The lowest BCUT2D eigenvalue weighted by Crippen LogP contribution is -2.48. The van der Waals surface area contributed by atoms with Crippen LogP contribution in [0.25, 0.3) is 0 Å². The van der Waals surface area contributed by atoms with Crippen LogP contribution in [0.1, 0.15) is 76.0 Å². The molecule has 1 fully saturated rings. The number of hydrogen-bond donors (Lipinski definition) is 4. The molecule has 0 radical (unpaired) electrons. The van der Waals surface area contributed by atoms with Crippen molar-refractivity contribution in [2.24, 2.45) is 0 Å². The number of hydrogen-bond acceptors (Lipinski definition) is 5. The molecular formula is C27H37F2N5O3. The van der Waals surface area contributed by atoms with Crippen molar-refractivity contribution in [1.82, 2.24) is 20.2 Å². The van der Waals surface area contributed by atoms with E-state index in [1.807, 2.05) is 6.92 Å². The van der Waals surface area contributed by atoms with Crippen LogP contribution in [-0.2, 0) is 22.4 Å². The molecule has 0 spiro atoms. The number of anilines is 1.